The van der Waals surface area contributed by atoms with Gasteiger partial charge in [0.05, 0.1) is 15.6 Å². The largest absolute Gasteiger partial charge is 0.352 e. The van der Waals surface area contributed by atoms with E-state index in [-0.39, 0.29) is 10.9 Å². The van der Waals surface area contributed by atoms with E-state index >= 15 is 0 Å². The number of hydrogen-bond donors (Lipinski definition) is 1. The third-order valence-corrected chi connectivity index (χ3v) is 4.91. The molecule has 0 spiro atoms. The number of carbonyl (C=O) groups excluding carboxylic acids is 1. The Kier molecular flexibility index (Phi) is 5.79. The van der Waals surface area contributed by atoms with E-state index in [0.717, 1.165) is 21.7 Å². The molecular weight excluding hydrogens is 359 g/mol. The highest BCUT2D eigenvalue weighted by molar-refractivity contribution is 7.13. The lowest BCUT2D eigenvalue weighted by molar-refractivity contribution is -0.121. The van der Waals surface area contributed by atoms with E-state index in [4.69, 9.17) is 11.6 Å². The van der Waals surface area contributed by atoms with E-state index in [2.05, 4.69) is 10.3 Å². The molecule has 0 radical (unpaired) electrons. The molecule has 6 heteroatoms. The summed E-state index contributed by atoms with van der Waals surface area (Å²) in [5.74, 6) is -0.519. The SMILES string of the molecule is O=C(CCc1ccc(F)c(Cl)c1)NCc1cccnc1-c1cccs1. The molecule has 1 aromatic carbocycles. The van der Waals surface area contributed by atoms with Gasteiger partial charge in [0.15, 0.2) is 0 Å². The summed E-state index contributed by atoms with van der Waals surface area (Å²) in [6.45, 7) is 0.421. The summed E-state index contributed by atoms with van der Waals surface area (Å²) in [5, 5.41) is 4.99. The lowest BCUT2D eigenvalue weighted by Gasteiger charge is -2.09. The van der Waals surface area contributed by atoms with E-state index in [0.29, 0.717) is 19.4 Å². The van der Waals surface area contributed by atoms with Crippen LogP contribution in [0.5, 0.6) is 0 Å². The first kappa shape index (κ1) is 17.6. The quantitative estimate of drug-likeness (QED) is 0.670. The second-order valence-electron chi connectivity index (χ2n) is 5.51. The fourth-order valence-electron chi connectivity index (χ4n) is 2.45. The monoisotopic (exact) mass is 374 g/mol. The van der Waals surface area contributed by atoms with Crippen molar-refractivity contribution < 1.29 is 9.18 Å². The van der Waals surface area contributed by atoms with Crippen molar-refractivity contribution in [3.8, 4) is 10.6 Å². The van der Waals surface area contributed by atoms with Gasteiger partial charge in [-0.15, -0.1) is 11.3 Å². The molecule has 2 aromatic heterocycles. The highest BCUT2D eigenvalue weighted by atomic mass is 35.5. The summed E-state index contributed by atoms with van der Waals surface area (Å²) in [5.41, 5.74) is 2.70. The average molecular weight is 375 g/mol. The minimum absolute atomic E-state index is 0.0681. The maximum atomic E-state index is 13.1. The highest BCUT2D eigenvalue weighted by Gasteiger charge is 2.09. The summed E-state index contributed by atoms with van der Waals surface area (Å²) < 4.78 is 13.1. The van der Waals surface area contributed by atoms with Crippen LogP contribution in [0.4, 0.5) is 4.39 Å². The van der Waals surface area contributed by atoms with Crippen molar-refractivity contribution in [3.63, 3.8) is 0 Å². The van der Waals surface area contributed by atoms with Gasteiger partial charge < -0.3 is 5.32 Å². The lowest BCUT2D eigenvalue weighted by Crippen LogP contribution is -2.23. The van der Waals surface area contributed by atoms with Crippen LogP contribution in [0.3, 0.4) is 0 Å². The number of nitrogens with zero attached hydrogens (tertiary/aromatic N) is 1. The number of carbonyl (C=O) groups is 1. The summed E-state index contributed by atoms with van der Waals surface area (Å²) in [6.07, 6.45) is 2.58. The minimum Gasteiger partial charge on any atom is -0.352 e. The molecular formula is C19H16ClFN2OS. The van der Waals surface area contributed by atoms with Gasteiger partial charge in [0.1, 0.15) is 5.82 Å². The van der Waals surface area contributed by atoms with Gasteiger partial charge in [0, 0.05) is 19.2 Å². The van der Waals surface area contributed by atoms with Crippen molar-refractivity contribution in [2.24, 2.45) is 0 Å². The van der Waals surface area contributed by atoms with Gasteiger partial charge in [-0.3, -0.25) is 9.78 Å². The molecule has 0 aliphatic heterocycles. The first-order valence-electron chi connectivity index (χ1n) is 7.82. The van der Waals surface area contributed by atoms with E-state index in [1.807, 2.05) is 29.6 Å². The number of benzene rings is 1. The molecule has 0 atom stereocenters. The summed E-state index contributed by atoms with van der Waals surface area (Å²) in [6, 6.07) is 12.3. The van der Waals surface area contributed by atoms with Crippen molar-refractivity contribution in [2.45, 2.75) is 19.4 Å². The Morgan fingerprint density at radius 1 is 1.24 bits per heavy atom. The Hall–Kier alpha value is -2.24. The van der Waals surface area contributed by atoms with Crippen LogP contribution < -0.4 is 5.32 Å². The molecule has 3 aromatic rings. The number of amides is 1. The molecule has 0 aliphatic carbocycles. The number of aryl methyl sites for hydroxylation is 1. The number of rotatable bonds is 6. The third kappa shape index (κ3) is 4.65. The molecule has 3 nitrogen and oxygen atoms in total. The predicted octanol–water partition coefficient (Wildman–Crippen LogP) is 4.85. The zero-order valence-corrected chi connectivity index (χ0v) is 14.9. The van der Waals surface area contributed by atoms with Crippen LogP contribution in [-0.4, -0.2) is 10.9 Å². The maximum Gasteiger partial charge on any atom is 0.220 e. The first-order chi connectivity index (χ1) is 12.1. The number of thiophene rings is 1. The van der Waals surface area contributed by atoms with Gasteiger partial charge in [-0.1, -0.05) is 29.8 Å². The molecule has 0 saturated heterocycles. The average Bonchev–Trinajstić information content (AvgIpc) is 3.15. The molecule has 3 rings (SSSR count). The molecule has 0 bridgehead atoms. The van der Waals surface area contributed by atoms with Gasteiger partial charge in [-0.25, -0.2) is 4.39 Å². The predicted molar refractivity (Wildman–Crippen MR) is 99.1 cm³/mol. The lowest BCUT2D eigenvalue weighted by atomic mass is 10.1. The summed E-state index contributed by atoms with van der Waals surface area (Å²) >= 11 is 7.37. The Balaban J connectivity index is 1.57. The highest BCUT2D eigenvalue weighted by Crippen LogP contribution is 2.25. The van der Waals surface area contributed by atoms with Gasteiger partial charge in [-0.2, -0.15) is 0 Å². The van der Waals surface area contributed by atoms with E-state index in [9.17, 15) is 9.18 Å². The second-order valence-corrected chi connectivity index (χ2v) is 6.87. The van der Waals surface area contributed by atoms with E-state index in [1.54, 1.807) is 29.7 Å². The molecule has 128 valence electrons. The van der Waals surface area contributed by atoms with Gasteiger partial charge >= 0.3 is 0 Å². The number of hydrogen-bond acceptors (Lipinski definition) is 3. The fourth-order valence-corrected chi connectivity index (χ4v) is 3.41. The van der Waals surface area contributed by atoms with Crippen LogP contribution in [0.15, 0.2) is 54.0 Å². The Bertz CT molecular complexity index is 868. The standard InChI is InChI=1S/C19H16ClFN2OS/c20-15-11-13(5-7-16(15)21)6-8-18(24)23-12-14-3-1-9-22-19(14)17-4-2-10-25-17/h1-5,7,9-11H,6,8,12H2,(H,23,24). The molecule has 0 unspecified atom stereocenters. The second kappa shape index (κ2) is 8.23. The zero-order chi connectivity index (χ0) is 17.6. The van der Waals surface area contributed by atoms with Crippen LogP contribution in [0, 0.1) is 5.82 Å². The Morgan fingerprint density at radius 3 is 2.88 bits per heavy atom. The number of pyridine rings is 1. The van der Waals surface area contributed by atoms with E-state index in [1.165, 1.54) is 6.07 Å². The van der Waals surface area contributed by atoms with Crippen molar-refractivity contribution in [2.75, 3.05) is 0 Å². The van der Waals surface area contributed by atoms with Crippen molar-refractivity contribution in [1.29, 1.82) is 0 Å². The third-order valence-electron chi connectivity index (χ3n) is 3.75. The number of halogens is 2. The number of aromatic nitrogens is 1. The summed E-state index contributed by atoms with van der Waals surface area (Å²) in [7, 11) is 0. The van der Waals surface area contributed by atoms with Crippen LogP contribution >= 0.6 is 22.9 Å². The topological polar surface area (TPSA) is 42.0 Å². The van der Waals surface area contributed by atoms with E-state index < -0.39 is 5.82 Å². The molecule has 25 heavy (non-hydrogen) atoms. The van der Waals surface area contributed by atoms with Gasteiger partial charge in [0.2, 0.25) is 5.91 Å². The van der Waals surface area contributed by atoms with Crippen LogP contribution in [0.1, 0.15) is 17.5 Å². The molecule has 1 N–H and O–H groups in total. The minimum atomic E-state index is -0.451. The van der Waals surface area contributed by atoms with Crippen molar-refractivity contribution >= 4 is 28.8 Å². The van der Waals surface area contributed by atoms with Gasteiger partial charge in [0.25, 0.3) is 0 Å². The molecule has 0 fully saturated rings. The normalized spacial score (nSPS) is 10.6. The fraction of sp³-hybridized carbons (Fsp3) is 0.158. The Labute approximate surface area is 154 Å². The molecule has 2 heterocycles. The van der Waals surface area contributed by atoms with Gasteiger partial charge in [-0.05, 0) is 47.2 Å². The van der Waals surface area contributed by atoms with Crippen molar-refractivity contribution in [3.05, 3.63) is 76.0 Å². The number of nitrogens with one attached hydrogen (secondary N) is 1. The molecule has 0 aliphatic rings. The first-order valence-corrected chi connectivity index (χ1v) is 9.07. The maximum absolute atomic E-state index is 13.1. The smallest absolute Gasteiger partial charge is 0.220 e. The van der Waals surface area contributed by atoms with Crippen molar-refractivity contribution in [1.82, 2.24) is 10.3 Å². The van der Waals surface area contributed by atoms with Crippen LogP contribution in [0.25, 0.3) is 10.6 Å². The Morgan fingerprint density at radius 2 is 2.12 bits per heavy atom. The summed E-state index contributed by atoms with van der Waals surface area (Å²) in [4.78, 5) is 17.6. The molecule has 0 saturated carbocycles. The molecule has 1 amide bonds. The van der Waals surface area contributed by atoms with Crippen LogP contribution in [-0.2, 0) is 17.8 Å². The zero-order valence-electron chi connectivity index (χ0n) is 13.3. The van der Waals surface area contributed by atoms with Crippen LogP contribution in [0.2, 0.25) is 5.02 Å².